The second kappa shape index (κ2) is 8.75. The molecule has 2 aliphatic heterocycles. The molecule has 2 fully saturated rings. The Hall–Kier alpha value is -0.760. The van der Waals surface area contributed by atoms with Crippen molar-refractivity contribution in [2.75, 3.05) is 26.5 Å². The quantitative estimate of drug-likeness (QED) is 0.451. The highest BCUT2D eigenvalue weighted by atomic mass is 127. The lowest BCUT2D eigenvalue weighted by molar-refractivity contribution is -0.154. The summed E-state index contributed by atoms with van der Waals surface area (Å²) in [6.45, 7) is -0.507. The maximum atomic E-state index is 12.7. The summed E-state index contributed by atoms with van der Waals surface area (Å²) in [5.41, 5.74) is 1.14. The first-order chi connectivity index (χ1) is 12.2. The molecule has 138 valence electrons. The fraction of sp³-hybridized carbons (Fsp3) is 0.632. The van der Waals surface area contributed by atoms with E-state index in [2.05, 4.69) is 51.8 Å². The highest BCUT2D eigenvalue weighted by Gasteiger charge is 2.50. The number of alkyl halides is 2. The van der Waals surface area contributed by atoms with Gasteiger partial charge in [-0.1, -0.05) is 12.1 Å². The van der Waals surface area contributed by atoms with Gasteiger partial charge < -0.3 is 4.74 Å². The Morgan fingerprint density at radius 3 is 2.64 bits per heavy atom. The second-order valence-electron chi connectivity index (χ2n) is 6.85. The van der Waals surface area contributed by atoms with Gasteiger partial charge in [-0.05, 0) is 66.0 Å². The van der Waals surface area contributed by atoms with Crippen molar-refractivity contribution >= 4 is 28.6 Å². The molecular formula is C19H24F2INO2. The predicted molar refractivity (Wildman–Crippen MR) is 101 cm³/mol. The van der Waals surface area contributed by atoms with Gasteiger partial charge in [-0.15, -0.1) is 0 Å². The maximum absolute atomic E-state index is 12.7. The van der Waals surface area contributed by atoms with Gasteiger partial charge in [-0.2, -0.15) is 0 Å². The van der Waals surface area contributed by atoms with Gasteiger partial charge >= 0.3 is 5.97 Å². The molecule has 0 aliphatic carbocycles. The summed E-state index contributed by atoms with van der Waals surface area (Å²) < 4.78 is 31.5. The number of carbonyl (C=O) groups excluding carboxylic acids is 1. The molecule has 25 heavy (non-hydrogen) atoms. The first-order valence-corrected chi connectivity index (χ1v) is 10.0. The van der Waals surface area contributed by atoms with Gasteiger partial charge in [0.2, 0.25) is 0 Å². The molecule has 0 radical (unpaired) electrons. The molecule has 2 bridgehead atoms. The number of halogens is 3. The molecule has 1 aromatic rings. The largest absolute Gasteiger partial charge is 0.463 e. The number of benzene rings is 1. The van der Waals surface area contributed by atoms with E-state index in [-0.39, 0.29) is 37.1 Å². The average molecular weight is 463 g/mol. The standard InChI is InChI=1S/C19H24F2INO2/c20-8-1-10-23-15-6-7-17(23)18(19(24)25-11-9-21)16(12-15)13-2-4-14(22)5-3-13/h2-5,15-18H,1,6-12H2/t15-,16+,17+,18?/m0/s1. The van der Waals surface area contributed by atoms with Crippen LogP contribution in [0.25, 0.3) is 0 Å². The van der Waals surface area contributed by atoms with Gasteiger partial charge in [-0.3, -0.25) is 14.1 Å². The van der Waals surface area contributed by atoms with Crippen molar-refractivity contribution in [3.05, 3.63) is 33.4 Å². The molecule has 0 spiro atoms. The van der Waals surface area contributed by atoms with Crippen LogP contribution in [0.1, 0.15) is 37.2 Å². The summed E-state index contributed by atoms with van der Waals surface area (Å²) in [5.74, 6) is -0.523. The fourth-order valence-electron chi connectivity index (χ4n) is 4.51. The lowest BCUT2D eigenvalue weighted by atomic mass is 9.76. The van der Waals surface area contributed by atoms with Crippen LogP contribution in [-0.2, 0) is 9.53 Å². The Balaban J connectivity index is 1.86. The Morgan fingerprint density at radius 2 is 1.96 bits per heavy atom. The second-order valence-corrected chi connectivity index (χ2v) is 8.10. The molecule has 2 aliphatic rings. The topological polar surface area (TPSA) is 29.5 Å². The lowest BCUT2D eigenvalue weighted by Crippen LogP contribution is -2.51. The monoisotopic (exact) mass is 463 g/mol. The van der Waals surface area contributed by atoms with E-state index in [9.17, 15) is 13.6 Å². The molecule has 6 heteroatoms. The van der Waals surface area contributed by atoms with E-state index in [0.717, 1.165) is 28.4 Å². The molecule has 2 heterocycles. The normalized spacial score (nSPS) is 28.9. The zero-order valence-corrected chi connectivity index (χ0v) is 16.3. The molecule has 3 nitrogen and oxygen atoms in total. The smallest absolute Gasteiger partial charge is 0.311 e. The van der Waals surface area contributed by atoms with Crippen molar-refractivity contribution < 1.29 is 18.3 Å². The van der Waals surface area contributed by atoms with Crippen LogP contribution in [0.4, 0.5) is 8.78 Å². The van der Waals surface area contributed by atoms with Gasteiger partial charge in [0.05, 0.1) is 12.6 Å². The summed E-state index contributed by atoms with van der Waals surface area (Å²) in [7, 11) is 0. The molecular weight excluding hydrogens is 439 g/mol. The molecule has 2 saturated heterocycles. The van der Waals surface area contributed by atoms with Crippen LogP contribution in [0, 0.1) is 9.49 Å². The van der Waals surface area contributed by atoms with Gasteiger partial charge in [0.25, 0.3) is 0 Å². The molecule has 0 N–H and O–H groups in total. The van der Waals surface area contributed by atoms with E-state index in [4.69, 9.17) is 4.74 Å². The summed E-state index contributed by atoms with van der Waals surface area (Å²) in [6, 6.07) is 8.73. The Labute approximate surface area is 161 Å². The van der Waals surface area contributed by atoms with Crippen molar-refractivity contribution in [3.8, 4) is 0 Å². The van der Waals surface area contributed by atoms with Gasteiger partial charge in [0.15, 0.2) is 0 Å². The van der Waals surface area contributed by atoms with E-state index in [1.165, 1.54) is 0 Å². The molecule has 0 aromatic heterocycles. The summed E-state index contributed by atoms with van der Waals surface area (Å²) in [4.78, 5) is 15.0. The molecule has 0 saturated carbocycles. The third-order valence-electron chi connectivity index (χ3n) is 5.51. The highest BCUT2D eigenvalue weighted by molar-refractivity contribution is 14.1. The number of rotatable bonds is 7. The van der Waals surface area contributed by atoms with Gasteiger partial charge in [0.1, 0.15) is 13.3 Å². The minimum absolute atomic E-state index is 0.0710. The number of ether oxygens (including phenoxy) is 1. The average Bonchev–Trinajstić information content (AvgIpc) is 2.89. The highest BCUT2D eigenvalue weighted by Crippen LogP contribution is 2.47. The zero-order chi connectivity index (χ0) is 17.8. The van der Waals surface area contributed by atoms with E-state index in [1.807, 2.05) is 0 Å². The lowest BCUT2D eigenvalue weighted by Gasteiger charge is -2.43. The summed E-state index contributed by atoms with van der Waals surface area (Å²) in [6.07, 6.45) is 3.32. The number of piperidine rings is 1. The van der Waals surface area contributed by atoms with E-state index >= 15 is 0 Å². The van der Waals surface area contributed by atoms with Crippen LogP contribution >= 0.6 is 22.6 Å². The van der Waals surface area contributed by atoms with E-state index in [0.29, 0.717) is 19.0 Å². The number of nitrogens with zero attached hydrogens (tertiary/aromatic N) is 1. The SMILES string of the molecule is O=C(OCCF)C1[C@@H](c2ccc(I)cc2)C[C@@H]2CC[C@H]1N2CCCF. The molecule has 1 unspecified atom stereocenters. The third-order valence-corrected chi connectivity index (χ3v) is 6.23. The molecule has 4 atom stereocenters. The molecule has 0 amide bonds. The van der Waals surface area contributed by atoms with Crippen molar-refractivity contribution in [3.63, 3.8) is 0 Å². The van der Waals surface area contributed by atoms with Crippen LogP contribution in [0.3, 0.4) is 0 Å². The van der Waals surface area contributed by atoms with Crippen molar-refractivity contribution in [2.45, 2.75) is 43.7 Å². The third kappa shape index (κ3) is 4.15. The van der Waals surface area contributed by atoms with Crippen LogP contribution in [0.5, 0.6) is 0 Å². The van der Waals surface area contributed by atoms with Crippen molar-refractivity contribution in [2.24, 2.45) is 5.92 Å². The number of fused-ring (bicyclic) bond motifs is 2. The fourth-order valence-corrected chi connectivity index (χ4v) is 4.87. The van der Waals surface area contributed by atoms with Crippen molar-refractivity contribution in [1.29, 1.82) is 0 Å². The van der Waals surface area contributed by atoms with Gasteiger partial charge in [-0.25, -0.2) is 4.39 Å². The Morgan fingerprint density at radius 1 is 1.20 bits per heavy atom. The molecule has 1 aromatic carbocycles. The van der Waals surface area contributed by atoms with Gasteiger partial charge in [0, 0.05) is 28.1 Å². The first-order valence-electron chi connectivity index (χ1n) is 8.95. The number of carbonyl (C=O) groups is 1. The summed E-state index contributed by atoms with van der Waals surface area (Å²) >= 11 is 2.27. The van der Waals surface area contributed by atoms with Crippen LogP contribution in [0.2, 0.25) is 0 Å². The maximum Gasteiger partial charge on any atom is 0.311 e. The van der Waals surface area contributed by atoms with Crippen molar-refractivity contribution in [1.82, 2.24) is 4.90 Å². The summed E-state index contributed by atoms with van der Waals surface area (Å²) in [5, 5.41) is 0. The van der Waals surface area contributed by atoms with E-state index < -0.39 is 6.67 Å². The first kappa shape index (κ1) is 19.0. The number of hydrogen-bond acceptors (Lipinski definition) is 3. The minimum Gasteiger partial charge on any atom is -0.463 e. The number of esters is 1. The Bertz CT molecular complexity index is 583. The van der Waals surface area contributed by atoms with Crippen LogP contribution in [0.15, 0.2) is 24.3 Å². The Kier molecular flexibility index (Phi) is 6.66. The minimum atomic E-state index is -0.661. The predicted octanol–water partition coefficient (Wildman–Crippen LogP) is 4.10. The number of hydrogen-bond donors (Lipinski definition) is 0. The zero-order valence-electron chi connectivity index (χ0n) is 14.2. The van der Waals surface area contributed by atoms with Crippen LogP contribution in [-0.4, -0.2) is 49.5 Å². The van der Waals surface area contributed by atoms with E-state index in [1.54, 1.807) is 0 Å². The molecule has 3 rings (SSSR count). The van der Waals surface area contributed by atoms with Crippen LogP contribution < -0.4 is 0 Å².